The van der Waals surface area contributed by atoms with E-state index in [-0.39, 0.29) is 22.6 Å². The summed E-state index contributed by atoms with van der Waals surface area (Å²) in [6, 6.07) is 4.76. The molecule has 0 aliphatic heterocycles. The van der Waals surface area contributed by atoms with Gasteiger partial charge in [0.25, 0.3) is 0 Å². The number of hydrogen-bond donors (Lipinski definition) is 3. The Hall–Kier alpha value is -1.26. The fourth-order valence-electron chi connectivity index (χ4n) is 1.66. The number of anilines is 1. The number of carbonyl (C=O) groups is 1. The Morgan fingerprint density at radius 3 is 2.65 bits per heavy atom. The second-order valence-electron chi connectivity index (χ2n) is 4.51. The largest absolute Gasteiger partial charge is 0.478 e. The van der Waals surface area contributed by atoms with Crippen molar-refractivity contribution in [1.29, 1.82) is 0 Å². The molecule has 0 amide bonds. The molecule has 1 aliphatic rings. The molecule has 0 bridgehead atoms. The quantitative estimate of drug-likeness (QED) is 0.755. The van der Waals surface area contributed by atoms with Crippen molar-refractivity contribution in [3.8, 4) is 0 Å². The van der Waals surface area contributed by atoms with Crippen LogP contribution in [0.5, 0.6) is 0 Å². The molecular weight excluding hydrogens is 242 g/mol. The Bertz CT molecular complexity index is 443. The molecular formula is C12H14ClNO3. The van der Waals surface area contributed by atoms with Crippen LogP contribution < -0.4 is 5.32 Å². The second-order valence-corrected chi connectivity index (χ2v) is 4.92. The predicted octanol–water partition coefficient (Wildman–Crippen LogP) is 2.22. The minimum Gasteiger partial charge on any atom is -0.478 e. The highest BCUT2D eigenvalue weighted by Gasteiger charge is 2.41. The van der Waals surface area contributed by atoms with Crippen molar-refractivity contribution in [1.82, 2.24) is 0 Å². The van der Waals surface area contributed by atoms with Crippen LogP contribution in [-0.2, 0) is 0 Å². The van der Waals surface area contributed by atoms with E-state index in [0.717, 1.165) is 18.5 Å². The first-order valence-electron chi connectivity index (χ1n) is 5.44. The molecule has 4 nitrogen and oxygen atoms in total. The lowest BCUT2D eigenvalue weighted by Gasteiger charge is -2.14. The first kappa shape index (κ1) is 12.2. The number of benzene rings is 1. The Morgan fingerprint density at radius 1 is 1.47 bits per heavy atom. The molecule has 5 heteroatoms. The van der Waals surface area contributed by atoms with Crippen molar-refractivity contribution in [3.05, 3.63) is 28.8 Å². The molecule has 0 aromatic heterocycles. The molecule has 3 N–H and O–H groups in total. The molecule has 1 saturated carbocycles. The molecule has 1 aliphatic carbocycles. The van der Waals surface area contributed by atoms with Crippen LogP contribution in [0.1, 0.15) is 23.2 Å². The van der Waals surface area contributed by atoms with Crippen LogP contribution in [0, 0.1) is 5.41 Å². The van der Waals surface area contributed by atoms with E-state index in [2.05, 4.69) is 5.32 Å². The number of hydrogen-bond acceptors (Lipinski definition) is 3. The normalized spacial score (nSPS) is 16.6. The molecule has 92 valence electrons. The maximum atomic E-state index is 10.8. The van der Waals surface area contributed by atoms with Gasteiger partial charge in [-0.05, 0) is 31.0 Å². The van der Waals surface area contributed by atoms with E-state index in [9.17, 15) is 4.79 Å². The number of aromatic carboxylic acids is 1. The van der Waals surface area contributed by atoms with Crippen LogP contribution in [0.3, 0.4) is 0 Å². The summed E-state index contributed by atoms with van der Waals surface area (Å²) in [5, 5.41) is 21.4. The highest BCUT2D eigenvalue weighted by atomic mass is 35.5. The van der Waals surface area contributed by atoms with Gasteiger partial charge in [-0.2, -0.15) is 0 Å². The lowest BCUT2D eigenvalue weighted by Crippen LogP contribution is -2.19. The topological polar surface area (TPSA) is 69.6 Å². The molecule has 0 atom stereocenters. The average molecular weight is 256 g/mol. The standard InChI is InChI=1S/C12H14ClNO3/c13-10-5-8(1-2-9(10)11(16)17)14-6-12(7-15)3-4-12/h1-2,5,14-15H,3-4,6-7H2,(H,16,17). The van der Waals surface area contributed by atoms with Crippen molar-refractivity contribution in [2.75, 3.05) is 18.5 Å². The minimum atomic E-state index is -1.03. The zero-order valence-electron chi connectivity index (χ0n) is 9.24. The maximum Gasteiger partial charge on any atom is 0.337 e. The van der Waals surface area contributed by atoms with Gasteiger partial charge in [0.1, 0.15) is 0 Å². The van der Waals surface area contributed by atoms with Gasteiger partial charge in [-0.1, -0.05) is 11.6 Å². The highest BCUT2D eigenvalue weighted by Crippen LogP contribution is 2.44. The van der Waals surface area contributed by atoms with Crippen LogP contribution in [0.4, 0.5) is 5.69 Å². The second kappa shape index (κ2) is 4.55. The molecule has 0 radical (unpaired) electrons. The van der Waals surface area contributed by atoms with Gasteiger partial charge in [0, 0.05) is 17.6 Å². The Labute approximate surface area is 104 Å². The first-order chi connectivity index (χ1) is 8.06. The zero-order valence-corrected chi connectivity index (χ0v) is 10.00. The number of carboxylic acid groups (broad SMARTS) is 1. The van der Waals surface area contributed by atoms with Gasteiger partial charge in [-0.3, -0.25) is 0 Å². The summed E-state index contributed by atoms with van der Waals surface area (Å²) in [4.78, 5) is 10.8. The lowest BCUT2D eigenvalue weighted by atomic mass is 10.1. The molecule has 1 fully saturated rings. The summed E-state index contributed by atoms with van der Waals surface area (Å²) in [7, 11) is 0. The average Bonchev–Trinajstić information content (AvgIpc) is 3.07. The zero-order chi connectivity index (χ0) is 12.5. The van der Waals surface area contributed by atoms with Crippen molar-refractivity contribution in [3.63, 3.8) is 0 Å². The van der Waals surface area contributed by atoms with Gasteiger partial charge >= 0.3 is 5.97 Å². The monoisotopic (exact) mass is 255 g/mol. The number of aliphatic hydroxyl groups excluding tert-OH is 1. The van der Waals surface area contributed by atoms with Crippen molar-refractivity contribution in [2.45, 2.75) is 12.8 Å². The number of halogens is 1. The summed E-state index contributed by atoms with van der Waals surface area (Å²) in [6.07, 6.45) is 2.05. The molecule has 17 heavy (non-hydrogen) atoms. The smallest absolute Gasteiger partial charge is 0.337 e. The summed E-state index contributed by atoms with van der Waals surface area (Å²) >= 11 is 5.85. The van der Waals surface area contributed by atoms with E-state index in [1.165, 1.54) is 6.07 Å². The SMILES string of the molecule is O=C(O)c1ccc(NCC2(CO)CC2)cc1Cl. The maximum absolute atomic E-state index is 10.8. The van der Waals surface area contributed by atoms with Gasteiger partial charge < -0.3 is 15.5 Å². The molecule has 0 unspecified atom stereocenters. The molecule has 0 heterocycles. The minimum absolute atomic E-state index is 0.0119. The third kappa shape index (κ3) is 2.70. The molecule has 1 aromatic rings. The van der Waals surface area contributed by atoms with E-state index in [0.29, 0.717) is 6.54 Å². The number of nitrogens with one attached hydrogen (secondary N) is 1. The summed E-state index contributed by atoms with van der Waals surface area (Å²) in [5.41, 5.74) is 0.887. The van der Waals surface area contributed by atoms with Gasteiger partial charge in [-0.25, -0.2) is 4.79 Å². The molecule has 1 aromatic carbocycles. The van der Waals surface area contributed by atoms with Gasteiger partial charge in [-0.15, -0.1) is 0 Å². The summed E-state index contributed by atoms with van der Waals surface area (Å²) < 4.78 is 0. The van der Waals surface area contributed by atoms with Crippen molar-refractivity contribution >= 4 is 23.3 Å². The van der Waals surface area contributed by atoms with Crippen LogP contribution in [0.2, 0.25) is 5.02 Å². The van der Waals surface area contributed by atoms with Crippen molar-refractivity contribution in [2.24, 2.45) is 5.41 Å². The fraction of sp³-hybridized carbons (Fsp3) is 0.417. The highest BCUT2D eigenvalue weighted by molar-refractivity contribution is 6.33. The van der Waals surface area contributed by atoms with Gasteiger partial charge in [0.05, 0.1) is 17.2 Å². The Morgan fingerprint density at radius 2 is 2.18 bits per heavy atom. The van der Waals surface area contributed by atoms with Crippen LogP contribution in [0.25, 0.3) is 0 Å². The van der Waals surface area contributed by atoms with E-state index < -0.39 is 5.97 Å². The lowest BCUT2D eigenvalue weighted by molar-refractivity contribution is 0.0697. The third-order valence-electron chi connectivity index (χ3n) is 3.16. The predicted molar refractivity (Wildman–Crippen MR) is 65.7 cm³/mol. The van der Waals surface area contributed by atoms with Gasteiger partial charge in [0.15, 0.2) is 0 Å². The number of aliphatic hydroxyl groups is 1. The Kier molecular flexibility index (Phi) is 3.26. The van der Waals surface area contributed by atoms with E-state index in [1.807, 2.05) is 0 Å². The first-order valence-corrected chi connectivity index (χ1v) is 5.82. The van der Waals surface area contributed by atoms with E-state index >= 15 is 0 Å². The number of carboxylic acids is 1. The van der Waals surface area contributed by atoms with Crippen LogP contribution in [0.15, 0.2) is 18.2 Å². The summed E-state index contributed by atoms with van der Waals surface area (Å²) in [6.45, 7) is 0.868. The molecule has 0 spiro atoms. The van der Waals surface area contributed by atoms with E-state index in [4.69, 9.17) is 21.8 Å². The third-order valence-corrected chi connectivity index (χ3v) is 3.47. The van der Waals surface area contributed by atoms with Crippen LogP contribution in [-0.4, -0.2) is 29.3 Å². The Balaban J connectivity index is 2.03. The molecule has 2 rings (SSSR count). The van der Waals surface area contributed by atoms with Crippen LogP contribution >= 0.6 is 11.6 Å². The fourth-order valence-corrected chi connectivity index (χ4v) is 1.92. The molecule has 0 saturated heterocycles. The van der Waals surface area contributed by atoms with Crippen molar-refractivity contribution < 1.29 is 15.0 Å². The van der Waals surface area contributed by atoms with E-state index in [1.54, 1.807) is 12.1 Å². The number of rotatable bonds is 5. The summed E-state index contributed by atoms with van der Waals surface area (Å²) in [5.74, 6) is -1.03. The van der Waals surface area contributed by atoms with Gasteiger partial charge in [0.2, 0.25) is 0 Å².